The number of halogens is 4. The largest absolute Gasteiger partial charge is 0.492 e. The Morgan fingerprint density at radius 1 is 1.21 bits per heavy atom. The average Bonchev–Trinajstić information content (AvgIpc) is 2.36. The molecule has 1 fully saturated rings. The Bertz CT molecular complexity index is 417. The number of nitrogens with zero attached hydrogens (tertiary/aromatic N) is 1. The second-order valence-electron chi connectivity index (χ2n) is 4.91. The van der Waals surface area contributed by atoms with Crippen molar-refractivity contribution in [2.45, 2.75) is 31.9 Å². The maximum absolute atomic E-state index is 12.5. The minimum Gasteiger partial charge on any atom is -0.492 e. The molecular weight excluding hydrogens is 323 g/mol. The van der Waals surface area contributed by atoms with Crippen LogP contribution in [0.3, 0.4) is 0 Å². The highest BCUT2D eigenvalue weighted by Crippen LogP contribution is 2.39. The van der Waals surface area contributed by atoms with Crippen molar-refractivity contribution < 1.29 is 17.9 Å². The minimum atomic E-state index is -4.04. The SMILES string of the molecule is FC(F)(F)[C@H]1CC[C@H](COc2cncc(Br)c2)CC1. The van der Waals surface area contributed by atoms with E-state index in [4.69, 9.17) is 4.74 Å². The molecule has 0 aromatic carbocycles. The summed E-state index contributed by atoms with van der Waals surface area (Å²) in [5.74, 6) is -0.277. The van der Waals surface area contributed by atoms with E-state index in [1.54, 1.807) is 18.5 Å². The molecular formula is C13H15BrF3NO. The first-order valence-corrected chi connectivity index (χ1v) is 7.04. The number of hydrogen-bond donors (Lipinski definition) is 0. The molecule has 0 N–H and O–H groups in total. The van der Waals surface area contributed by atoms with E-state index in [2.05, 4.69) is 20.9 Å². The van der Waals surface area contributed by atoms with Gasteiger partial charge in [0.1, 0.15) is 5.75 Å². The average molecular weight is 338 g/mol. The van der Waals surface area contributed by atoms with Gasteiger partial charge in [-0.05, 0) is 53.6 Å². The lowest BCUT2D eigenvalue weighted by Crippen LogP contribution is -2.29. The van der Waals surface area contributed by atoms with E-state index in [9.17, 15) is 13.2 Å². The standard InChI is InChI=1S/C13H15BrF3NO/c14-11-5-12(7-18-6-11)19-8-9-1-3-10(4-2-9)13(15,16)17/h5-7,9-10H,1-4,8H2/t9-,10-. The van der Waals surface area contributed by atoms with Crippen LogP contribution in [-0.4, -0.2) is 17.8 Å². The number of pyridine rings is 1. The molecule has 1 aliphatic rings. The fourth-order valence-corrected chi connectivity index (χ4v) is 2.69. The molecule has 1 heterocycles. The molecule has 0 amide bonds. The molecule has 1 aromatic heterocycles. The van der Waals surface area contributed by atoms with Crippen molar-refractivity contribution in [1.82, 2.24) is 4.98 Å². The second-order valence-corrected chi connectivity index (χ2v) is 5.82. The number of aromatic nitrogens is 1. The Morgan fingerprint density at radius 3 is 2.47 bits per heavy atom. The van der Waals surface area contributed by atoms with Crippen LogP contribution in [0.4, 0.5) is 13.2 Å². The first kappa shape index (κ1) is 14.6. The van der Waals surface area contributed by atoms with Crippen LogP contribution in [0.25, 0.3) is 0 Å². The first-order valence-electron chi connectivity index (χ1n) is 6.25. The zero-order valence-corrected chi connectivity index (χ0v) is 11.9. The molecule has 0 aliphatic heterocycles. The van der Waals surface area contributed by atoms with Gasteiger partial charge in [-0.25, -0.2) is 0 Å². The number of hydrogen-bond acceptors (Lipinski definition) is 2. The smallest absolute Gasteiger partial charge is 0.391 e. The van der Waals surface area contributed by atoms with Gasteiger partial charge in [-0.1, -0.05) is 0 Å². The van der Waals surface area contributed by atoms with Crippen LogP contribution in [0.1, 0.15) is 25.7 Å². The monoisotopic (exact) mass is 337 g/mol. The summed E-state index contributed by atoms with van der Waals surface area (Å²) in [5.41, 5.74) is 0. The van der Waals surface area contributed by atoms with Gasteiger partial charge in [-0.2, -0.15) is 13.2 Å². The summed E-state index contributed by atoms with van der Waals surface area (Å²) in [6.07, 6.45) is 0.799. The Morgan fingerprint density at radius 2 is 1.89 bits per heavy atom. The second kappa shape index (κ2) is 6.11. The van der Waals surface area contributed by atoms with Gasteiger partial charge in [-0.3, -0.25) is 4.98 Å². The van der Waals surface area contributed by atoms with Crippen LogP contribution in [0.5, 0.6) is 5.75 Å². The fourth-order valence-electron chi connectivity index (χ4n) is 2.34. The normalized spacial score (nSPS) is 24.2. The third-order valence-electron chi connectivity index (χ3n) is 3.48. The number of ether oxygens (including phenoxy) is 1. The van der Waals surface area contributed by atoms with Crippen LogP contribution in [-0.2, 0) is 0 Å². The van der Waals surface area contributed by atoms with Crippen molar-refractivity contribution in [3.8, 4) is 5.75 Å². The summed E-state index contributed by atoms with van der Waals surface area (Å²) in [6.45, 7) is 0.461. The van der Waals surface area contributed by atoms with Crippen molar-refractivity contribution >= 4 is 15.9 Å². The van der Waals surface area contributed by atoms with Crippen LogP contribution in [0.15, 0.2) is 22.9 Å². The third kappa shape index (κ3) is 4.37. The quantitative estimate of drug-likeness (QED) is 0.804. The zero-order valence-electron chi connectivity index (χ0n) is 10.3. The minimum absolute atomic E-state index is 0.206. The Labute approximate surface area is 118 Å². The van der Waals surface area contributed by atoms with Gasteiger partial charge < -0.3 is 4.74 Å². The molecule has 6 heteroatoms. The van der Waals surface area contributed by atoms with Gasteiger partial charge in [0.2, 0.25) is 0 Å². The molecule has 1 aliphatic carbocycles. The summed E-state index contributed by atoms with van der Waals surface area (Å²) in [4.78, 5) is 3.97. The summed E-state index contributed by atoms with van der Waals surface area (Å²) < 4.78 is 44.0. The van der Waals surface area contributed by atoms with Gasteiger partial charge in [-0.15, -0.1) is 0 Å². The van der Waals surface area contributed by atoms with Gasteiger partial charge in [0.15, 0.2) is 0 Å². The molecule has 0 spiro atoms. The highest BCUT2D eigenvalue weighted by Gasteiger charge is 2.41. The molecule has 2 rings (SSSR count). The van der Waals surface area contributed by atoms with E-state index < -0.39 is 12.1 Å². The Balaban J connectivity index is 1.77. The van der Waals surface area contributed by atoms with E-state index >= 15 is 0 Å². The highest BCUT2D eigenvalue weighted by molar-refractivity contribution is 9.10. The van der Waals surface area contributed by atoms with E-state index in [-0.39, 0.29) is 18.8 Å². The molecule has 106 valence electrons. The summed E-state index contributed by atoms with van der Waals surface area (Å²) >= 11 is 3.29. The molecule has 19 heavy (non-hydrogen) atoms. The van der Waals surface area contributed by atoms with Crippen LogP contribution >= 0.6 is 15.9 Å². The first-order chi connectivity index (χ1) is 8.95. The molecule has 1 aromatic rings. The van der Waals surface area contributed by atoms with E-state index in [0.717, 1.165) is 4.47 Å². The van der Waals surface area contributed by atoms with Crippen molar-refractivity contribution in [2.24, 2.45) is 11.8 Å². The van der Waals surface area contributed by atoms with E-state index in [1.807, 2.05) is 0 Å². The van der Waals surface area contributed by atoms with Gasteiger partial charge in [0.25, 0.3) is 0 Å². The molecule has 2 nitrogen and oxygen atoms in total. The predicted molar refractivity (Wildman–Crippen MR) is 68.9 cm³/mol. The van der Waals surface area contributed by atoms with Crippen molar-refractivity contribution in [2.75, 3.05) is 6.61 Å². The maximum Gasteiger partial charge on any atom is 0.391 e. The van der Waals surface area contributed by atoms with Crippen molar-refractivity contribution in [3.63, 3.8) is 0 Å². The Hall–Kier alpha value is -0.780. The van der Waals surface area contributed by atoms with Crippen LogP contribution in [0, 0.1) is 11.8 Å². The van der Waals surface area contributed by atoms with Crippen LogP contribution < -0.4 is 4.74 Å². The van der Waals surface area contributed by atoms with Gasteiger partial charge in [0, 0.05) is 10.7 Å². The number of rotatable bonds is 3. The van der Waals surface area contributed by atoms with Gasteiger partial charge >= 0.3 is 6.18 Å². The third-order valence-corrected chi connectivity index (χ3v) is 3.91. The topological polar surface area (TPSA) is 22.1 Å². The Kier molecular flexibility index (Phi) is 4.71. The lowest BCUT2D eigenvalue weighted by Gasteiger charge is -2.29. The van der Waals surface area contributed by atoms with Gasteiger partial charge in [0.05, 0.1) is 18.7 Å². The molecule has 0 atom stereocenters. The molecule has 0 unspecified atom stereocenters. The summed E-state index contributed by atoms with van der Waals surface area (Å²) in [6, 6.07) is 1.80. The van der Waals surface area contributed by atoms with Crippen molar-refractivity contribution in [1.29, 1.82) is 0 Å². The van der Waals surface area contributed by atoms with Crippen molar-refractivity contribution in [3.05, 3.63) is 22.9 Å². The molecule has 0 bridgehead atoms. The van der Waals surface area contributed by atoms with E-state index in [0.29, 0.717) is 25.2 Å². The summed E-state index contributed by atoms with van der Waals surface area (Å²) in [7, 11) is 0. The molecule has 1 saturated carbocycles. The lowest BCUT2D eigenvalue weighted by molar-refractivity contribution is -0.184. The summed E-state index contributed by atoms with van der Waals surface area (Å²) in [5, 5.41) is 0. The number of alkyl halides is 3. The fraction of sp³-hybridized carbons (Fsp3) is 0.615. The highest BCUT2D eigenvalue weighted by atomic mass is 79.9. The zero-order chi connectivity index (χ0) is 13.9. The van der Waals surface area contributed by atoms with Crippen LogP contribution in [0.2, 0.25) is 0 Å². The maximum atomic E-state index is 12.5. The molecule has 0 radical (unpaired) electrons. The molecule has 0 saturated heterocycles. The lowest BCUT2D eigenvalue weighted by atomic mass is 9.82. The van der Waals surface area contributed by atoms with E-state index in [1.165, 1.54) is 0 Å². The predicted octanol–water partition coefficient (Wildman–Crippen LogP) is 4.59.